The summed E-state index contributed by atoms with van der Waals surface area (Å²) in [5, 5.41) is 6.85. The number of benzene rings is 4. The van der Waals surface area contributed by atoms with Gasteiger partial charge >= 0.3 is 6.09 Å². The predicted octanol–water partition coefficient (Wildman–Crippen LogP) is 3.39. The average molecular weight is 432 g/mol. The Kier molecular flexibility index (Phi) is 6.32. The number of carbonyl (C=O) groups is 3. The fraction of sp³-hybridized carbons (Fsp3) is 0.208. The summed E-state index contributed by atoms with van der Waals surface area (Å²) in [5.41, 5.74) is 7.48. The van der Waals surface area contributed by atoms with Crippen LogP contribution in [0.4, 0.5) is 4.79 Å². The van der Waals surface area contributed by atoms with Gasteiger partial charge in [0, 0.05) is 12.8 Å². The molecule has 32 heavy (non-hydrogen) atoms. The molecule has 0 aliphatic rings. The van der Waals surface area contributed by atoms with Crippen LogP contribution in [0.15, 0.2) is 54.6 Å². The maximum atomic E-state index is 12.0. The molecule has 0 bridgehead atoms. The van der Waals surface area contributed by atoms with E-state index in [0.717, 1.165) is 21.7 Å². The number of carbonyl (C=O) groups excluding carboxylic acids is 3. The van der Waals surface area contributed by atoms with Crippen molar-refractivity contribution in [2.75, 3.05) is 0 Å². The quantitative estimate of drug-likeness (QED) is 0.117. The number of amides is 3. The molecule has 0 saturated carbocycles. The summed E-state index contributed by atoms with van der Waals surface area (Å²) in [7, 11) is 0. The molecule has 4 rings (SSSR count). The van der Waals surface area contributed by atoms with Gasteiger partial charge < -0.3 is 4.74 Å². The Hall–Kier alpha value is -3.91. The Morgan fingerprint density at radius 1 is 0.750 bits per heavy atom. The van der Waals surface area contributed by atoms with Crippen molar-refractivity contribution >= 4 is 50.2 Å². The summed E-state index contributed by atoms with van der Waals surface area (Å²) < 4.78 is 5.31. The van der Waals surface area contributed by atoms with Gasteiger partial charge in [0.25, 0.3) is 0 Å². The number of nitrogens with two attached hydrogens (primary N) is 1. The molecule has 0 fully saturated rings. The van der Waals surface area contributed by atoms with Crippen LogP contribution in [0, 0.1) is 0 Å². The van der Waals surface area contributed by atoms with Gasteiger partial charge in [-0.1, -0.05) is 54.6 Å². The maximum Gasteiger partial charge on any atom is 0.426 e. The van der Waals surface area contributed by atoms with Crippen molar-refractivity contribution in [3.05, 3.63) is 60.2 Å². The van der Waals surface area contributed by atoms with Gasteiger partial charge in [-0.3, -0.25) is 20.4 Å². The number of rotatable bonds is 7. The number of hydrogen-bond acceptors (Lipinski definition) is 5. The Bertz CT molecular complexity index is 1270. The minimum atomic E-state index is -0.744. The first-order valence-electron chi connectivity index (χ1n) is 10.4. The van der Waals surface area contributed by atoms with Crippen LogP contribution in [-0.4, -0.2) is 17.9 Å². The topological polar surface area (TPSA) is 123 Å². The second-order valence-electron chi connectivity index (χ2n) is 7.60. The van der Waals surface area contributed by atoms with Crippen LogP contribution < -0.4 is 22.1 Å². The van der Waals surface area contributed by atoms with E-state index < -0.39 is 6.09 Å². The fourth-order valence-corrected chi connectivity index (χ4v) is 3.93. The zero-order valence-corrected chi connectivity index (χ0v) is 17.4. The van der Waals surface area contributed by atoms with E-state index in [1.807, 2.05) is 29.7 Å². The Morgan fingerprint density at radius 2 is 1.38 bits per heavy atom. The lowest BCUT2D eigenvalue weighted by molar-refractivity contribution is -0.123. The van der Waals surface area contributed by atoms with Crippen molar-refractivity contribution in [2.45, 2.75) is 32.3 Å². The van der Waals surface area contributed by atoms with E-state index >= 15 is 0 Å². The molecule has 0 spiro atoms. The van der Waals surface area contributed by atoms with Gasteiger partial charge in [-0.2, -0.15) is 0 Å². The predicted molar refractivity (Wildman–Crippen MR) is 122 cm³/mol. The third-order valence-electron chi connectivity index (χ3n) is 5.50. The van der Waals surface area contributed by atoms with Crippen molar-refractivity contribution in [2.24, 2.45) is 5.84 Å². The molecule has 4 aromatic carbocycles. The average Bonchev–Trinajstić information content (AvgIpc) is 2.82. The molecule has 0 unspecified atom stereocenters. The highest BCUT2D eigenvalue weighted by Gasteiger charge is 2.12. The third-order valence-corrected chi connectivity index (χ3v) is 5.50. The van der Waals surface area contributed by atoms with Gasteiger partial charge in [0.15, 0.2) is 0 Å². The van der Waals surface area contributed by atoms with Crippen molar-refractivity contribution in [1.29, 1.82) is 0 Å². The highest BCUT2D eigenvalue weighted by atomic mass is 16.6. The highest BCUT2D eigenvalue weighted by Crippen LogP contribution is 2.36. The van der Waals surface area contributed by atoms with Gasteiger partial charge in [-0.25, -0.2) is 16.1 Å². The number of nitrogens with one attached hydrogen (secondary N) is 3. The van der Waals surface area contributed by atoms with Gasteiger partial charge in [0.1, 0.15) is 6.61 Å². The summed E-state index contributed by atoms with van der Waals surface area (Å²) in [6, 6.07) is 18.5. The SMILES string of the molecule is NNC(=O)CCCCC(=O)NNC(=O)OCc1ccc2ccc3cccc4ccc1c2c34. The Morgan fingerprint density at radius 3 is 2.09 bits per heavy atom. The molecule has 0 aliphatic heterocycles. The Labute approximate surface area is 184 Å². The molecule has 4 aromatic rings. The van der Waals surface area contributed by atoms with E-state index in [1.165, 1.54) is 16.2 Å². The van der Waals surface area contributed by atoms with Gasteiger partial charge in [0.2, 0.25) is 11.8 Å². The highest BCUT2D eigenvalue weighted by molar-refractivity contribution is 6.23. The molecule has 8 nitrogen and oxygen atoms in total. The molecular weight excluding hydrogens is 408 g/mol. The molecule has 5 N–H and O–H groups in total. The van der Waals surface area contributed by atoms with E-state index in [0.29, 0.717) is 12.8 Å². The first-order chi connectivity index (χ1) is 15.6. The number of hydrogen-bond donors (Lipinski definition) is 4. The molecule has 0 saturated heterocycles. The summed E-state index contributed by atoms with van der Waals surface area (Å²) in [4.78, 5) is 34.9. The lowest BCUT2D eigenvalue weighted by atomic mass is 9.92. The van der Waals surface area contributed by atoms with Gasteiger partial charge in [-0.15, -0.1) is 0 Å². The first kappa shape index (κ1) is 21.3. The van der Waals surface area contributed by atoms with Crippen molar-refractivity contribution in [3.63, 3.8) is 0 Å². The van der Waals surface area contributed by atoms with Crippen LogP contribution in [-0.2, 0) is 20.9 Å². The molecule has 0 heterocycles. The first-order valence-corrected chi connectivity index (χ1v) is 10.4. The standard InChI is InChI=1S/C24H24N4O4/c25-26-20(29)6-1-2-7-21(30)27-28-24(31)32-14-18-11-10-17-9-8-15-4-3-5-16-12-13-19(18)23(17)22(15)16/h3-5,8-13H,1-2,6-7,14,25H2,(H,26,29)(H,27,30)(H,28,31). The van der Waals surface area contributed by atoms with Crippen molar-refractivity contribution in [1.82, 2.24) is 16.3 Å². The molecule has 8 heteroatoms. The molecular formula is C24H24N4O4. The largest absolute Gasteiger partial charge is 0.443 e. The second-order valence-corrected chi connectivity index (χ2v) is 7.60. The number of hydrazine groups is 2. The molecule has 0 atom stereocenters. The van der Waals surface area contributed by atoms with Crippen LogP contribution in [0.2, 0.25) is 0 Å². The van der Waals surface area contributed by atoms with Gasteiger partial charge in [-0.05, 0) is 50.7 Å². The third kappa shape index (κ3) is 4.55. The van der Waals surface area contributed by atoms with Crippen LogP contribution in [0.3, 0.4) is 0 Å². The minimum absolute atomic E-state index is 0.0735. The van der Waals surface area contributed by atoms with Crippen LogP contribution in [0.1, 0.15) is 31.2 Å². The zero-order valence-electron chi connectivity index (χ0n) is 17.4. The van der Waals surface area contributed by atoms with E-state index in [1.54, 1.807) is 0 Å². The minimum Gasteiger partial charge on any atom is -0.443 e. The molecule has 0 aliphatic carbocycles. The normalized spacial score (nSPS) is 11.0. The monoisotopic (exact) mass is 432 g/mol. The van der Waals surface area contributed by atoms with Crippen LogP contribution >= 0.6 is 0 Å². The second kappa shape index (κ2) is 9.49. The smallest absolute Gasteiger partial charge is 0.426 e. The lowest BCUT2D eigenvalue weighted by Gasteiger charge is -2.14. The van der Waals surface area contributed by atoms with Gasteiger partial charge in [0.05, 0.1) is 0 Å². The van der Waals surface area contributed by atoms with Crippen LogP contribution in [0.25, 0.3) is 32.3 Å². The lowest BCUT2D eigenvalue weighted by Crippen LogP contribution is -2.41. The Balaban J connectivity index is 1.34. The van der Waals surface area contributed by atoms with Crippen molar-refractivity contribution in [3.8, 4) is 0 Å². The summed E-state index contributed by atoms with van der Waals surface area (Å²) >= 11 is 0. The molecule has 0 radical (unpaired) electrons. The van der Waals surface area contributed by atoms with E-state index in [4.69, 9.17) is 10.6 Å². The fourth-order valence-electron chi connectivity index (χ4n) is 3.93. The molecule has 0 aromatic heterocycles. The van der Waals surface area contributed by atoms with E-state index in [9.17, 15) is 14.4 Å². The zero-order chi connectivity index (χ0) is 22.5. The van der Waals surface area contributed by atoms with E-state index in [2.05, 4.69) is 41.2 Å². The summed E-state index contributed by atoms with van der Waals surface area (Å²) in [6.07, 6.45) is 0.701. The van der Waals surface area contributed by atoms with Crippen LogP contribution in [0.5, 0.6) is 0 Å². The van der Waals surface area contributed by atoms with Crippen molar-refractivity contribution < 1.29 is 19.1 Å². The molecule has 3 amide bonds. The molecule has 164 valence electrons. The number of ether oxygens (including phenoxy) is 1. The maximum absolute atomic E-state index is 12.0. The number of unbranched alkanes of at least 4 members (excludes halogenated alkanes) is 1. The van der Waals surface area contributed by atoms with E-state index in [-0.39, 0.29) is 31.3 Å². The summed E-state index contributed by atoms with van der Waals surface area (Å²) in [6.45, 7) is 0.0735. The summed E-state index contributed by atoms with van der Waals surface area (Å²) in [5.74, 6) is 4.35.